The first-order valence-electron chi connectivity index (χ1n) is 7.86. The summed E-state index contributed by atoms with van der Waals surface area (Å²) in [5.41, 5.74) is 1.17. The fraction of sp³-hybridized carbons (Fsp3) is 0.647. The van der Waals surface area contributed by atoms with Gasteiger partial charge in [0.25, 0.3) is 0 Å². The van der Waals surface area contributed by atoms with Gasteiger partial charge in [0.15, 0.2) is 11.5 Å². The quantitative estimate of drug-likeness (QED) is 0.570. The van der Waals surface area contributed by atoms with Crippen molar-refractivity contribution < 1.29 is 9.47 Å². The van der Waals surface area contributed by atoms with Crippen molar-refractivity contribution >= 4 is 15.9 Å². The molecular weight excluding hydrogens is 330 g/mol. The first kappa shape index (κ1) is 18.3. The van der Waals surface area contributed by atoms with Crippen molar-refractivity contribution in [1.29, 1.82) is 0 Å². The summed E-state index contributed by atoms with van der Waals surface area (Å²) in [6, 6.07) is 4.10. The van der Waals surface area contributed by atoms with Crippen LogP contribution in [0.25, 0.3) is 0 Å². The summed E-state index contributed by atoms with van der Waals surface area (Å²) in [6.45, 7) is 3.80. The zero-order chi connectivity index (χ0) is 15.5. The Hall–Kier alpha value is -0.740. The predicted molar refractivity (Wildman–Crippen MR) is 92.3 cm³/mol. The molecule has 0 saturated carbocycles. The number of halogens is 1. The molecule has 0 fully saturated rings. The van der Waals surface area contributed by atoms with E-state index in [-0.39, 0.29) is 0 Å². The molecule has 0 atom stereocenters. The first-order valence-corrected chi connectivity index (χ1v) is 8.66. The minimum Gasteiger partial charge on any atom is -0.493 e. The van der Waals surface area contributed by atoms with E-state index in [0.29, 0.717) is 0 Å². The van der Waals surface area contributed by atoms with Gasteiger partial charge >= 0.3 is 0 Å². The molecule has 0 saturated heterocycles. The molecular formula is C17H28BrNO2. The van der Waals surface area contributed by atoms with Crippen molar-refractivity contribution in [2.45, 2.75) is 52.0 Å². The third-order valence-corrected chi connectivity index (χ3v) is 4.00. The number of nitrogens with one attached hydrogen (secondary N) is 1. The fourth-order valence-corrected chi connectivity index (χ4v) is 2.88. The molecule has 0 aromatic heterocycles. The molecule has 1 N–H and O–H groups in total. The van der Waals surface area contributed by atoms with E-state index in [1.165, 1.54) is 37.7 Å². The minimum absolute atomic E-state index is 0.743. The molecule has 120 valence electrons. The van der Waals surface area contributed by atoms with Gasteiger partial charge in [-0.3, -0.25) is 0 Å². The Morgan fingerprint density at radius 3 is 2.48 bits per heavy atom. The molecule has 0 spiro atoms. The van der Waals surface area contributed by atoms with Crippen LogP contribution in [-0.2, 0) is 6.54 Å². The highest BCUT2D eigenvalue weighted by Crippen LogP contribution is 2.36. The van der Waals surface area contributed by atoms with Gasteiger partial charge in [-0.05, 0) is 47.1 Å². The van der Waals surface area contributed by atoms with Gasteiger partial charge in [-0.25, -0.2) is 0 Å². The smallest absolute Gasteiger partial charge is 0.175 e. The average molecular weight is 358 g/mol. The van der Waals surface area contributed by atoms with Crippen molar-refractivity contribution in [3.63, 3.8) is 0 Å². The highest BCUT2D eigenvalue weighted by atomic mass is 79.9. The maximum atomic E-state index is 5.91. The highest BCUT2D eigenvalue weighted by Gasteiger charge is 2.11. The van der Waals surface area contributed by atoms with E-state index in [2.05, 4.69) is 34.2 Å². The van der Waals surface area contributed by atoms with E-state index in [0.717, 1.165) is 35.5 Å². The van der Waals surface area contributed by atoms with Crippen LogP contribution in [0.2, 0.25) is 0 Å². The van der Waals surface area contributed by atoms with E-state index in [1.54, 1.807) is 7.11 Å². The van der Waals surface area contributed by atoms with Gasteiger partial charge in [0, 0.05) is 6.54 Å². The van der Waals surface area contributed by atoms with Crippen molar-refractivity contribution in [3.8, 4) is 11.5 Å². The van der Waals surface area contributed by atoms with Crippen molar-refractivity contribution in [3.05, 3.63) is 22.2 Å². The Bertz CT molecular complexity index is 410. The number of benzene rings is 1. The second kappa shape index (κ2) is 10.9. The first-order chi connectivity index (χ1) is 10.2. The van der Waals surface area contributed by atoms with Crippen LogP contribution in [-0.4, -0.2) is 20.8 Å². The van der Waals surface area contributed by atoms with Gasteiger partial charge in [-0.15, -0.1) is 0 Å². The van der Waals surface area contributed by atoms with E-state index >= 15 is 0 Å². The number of methoxy groups -OCH3 is 1. The van der Waals surface area contributed by atoms with E-state index in [4.69, 9.17) is 9.47 Å². The molecule has 0 aliphatic carbocycles. The van der Waals surface area contributed by atoms with Crippen LogP contribution >= 0.6 is 15.9 Å². The molecule has 0 heterocycles. The minimum atomic E-state index is 0.743. The summed E-state index contributed by atoms with van der Waals surface area (Å²) in [5.74, 6) is 1.60. The topological polar surface area (TPSA) is 30.5 Å². The van der Waals surface area contributed by atoms with Gasteiger partial charge in [0.05, 0.1) is 18.2 Å². The summed E-state index contributed by atoms with van der Waals surface area (Å²) in [7, 11) is 3.62. The third kappa shape index (κ3) is 6.70. The van der Waals surface area contributed by atoms with E-state index in [1.807, 2.05) is 13.1 Å². The zero-order valence-electron chi connectivity index (χ0n) is 13.5. The van der Waals surface area contributed by atoms with Crippen LogP contribution in [0.1, 0.15) is 51.0 Å². The fourth-order valence-electron chi connectivity index (χ4n) is 2.28. The summed E-state index contributed by atoms with van der Waals surface area (Å²) in [4.78, 5) is 0. The lowest BCUT2D eigenvalue weighted by Crippen LogP contribution is -2.06. The maximum absolute atomic E-state index is 5.91. The standard InChI is InChI=1S/C17H28BrNO2/c1-4-5-6-7-8-9-10-21-17-15(18)11-14(13-19-2)12-16(17)20-3/h11-12,19H,4-10,13H2,1-3H3. The summed E-state index contributed by atoms with van der Waals surface area (Å²) in [5, 5.41) is 3.14. The molecule has 0 unspecified atom stereocenters. The Morgan fingerprint density at radius 2 is 1.81 bits per heavy atom. The number of hydrogen-bond acceptors (Lipinski definition) is 3. The Morgan fingerprint density at radius 1 is 1.10 bits per heavy atom. The summed E-state index contributed by atoms with van der Waals surface area (Å²) < 4.78 is 12.3. The third-order valence-electron chi connectivity index (χ3n) is 3.41. The molecule has 0 aliphatic heterocycles. The number of ether oxygens (including phenoxy) is 2. The lowest BCUT2D eigenvalue weighted by atomic mass is 10.1. The van der Waals surface area contributed by atoms with Gasteiger partial charge in [0.1, 0.15) is 0 Å². The zero-order valence-corrected chi connectivity index (χ0v) is 15.1. The normalized spacial score (nSPS) is 10.7. The second-order valence-corrected chi connectivity index (χ2v) is 6.11. The molecule has 4 heteroatoms. The van der Waals surface area contributed by atoms with Crippen molar-refractivity contribution in [1.82, 2.24) is 5.32 Å². The molecule has 0 radical (unpaired) electrons. The molecule has 0 aliphatic rings. The van der Waals surface area contributed by atoms with Crippen LogP contribution in [0.3, 0.4) is 0 Å². The Kier molecular flexibility index (Phi) is 9.51. The van der Waals surface area contributed by atoms with Crippen LogP contribution in [0.15, 0.2) is 16.6 Å². The van der Waals surface area contributed by atoms with Crippen LogP contribution in [0.5, 0.6) is 11.5 Å². The van der Waals surface area contributed by atoms with Crippen LogP contribution in [0, 0.1) is 0 Å². The average Bonchev–Trinajstić information content (AvgIpc) is 2.48. The van der Waals surface area contributed by atoms with Crippen molar-refractivity contribution in [2.24, 2.45) is 0 Å². The summed E-state index contributed by atoms with van der Waals surface area (Å²) in [6.07, 6.45) is 7.60. The van der Waals surface area contributed by atoms with E-state index < -0.39 is 0 Å². The van der Waals surface area contributed by atoms with E-state index in [9.17, 15) is 0 Å². The van der Waals surface area contributed by atoms with Gasteiger partial charge in [0.2, 0.25) is 0 Å². The summed E-state index contributed by atoms with van der Waals surface area (Å²) >= 11 is 3.58. The molecule has 1 aromatic carbocycles. The predicted octanol–water partition coefficient (Wildman–Crippen LogP) is 4.92. The van der Waals surface area contributed by atoms with Gasteiger partial charge in [-0.2, -0.15) is 0 Å². The lowest BCUT2D eigenvalue weighted by Gasteiger charge is -2.14. The molecule has 21 heavy (non-hydrogen) atoms. The lowest BCUT2D eigenvalue weighted by molar-refractivity contribution is 0.282. The number of hydrogen-bond donors (Lipinski definition) is 1. The number of unbranched alkanes of at least 4 members (excludes halogenated alkanes) is 5. The molecule has 1 aromatic rings. The highest BCUT2D eigenvalue weighted by molar-refractivity contribution is 9.10. The van der Waals surface area contributed by atoms with Gasteiger partial charge in [-0.1, -0.05) is 39.0 Å². The van der Waals surface area contributed by atoms with Crippen LogP contribution in [0.4, 0.5) is 0 Å². The largest absolute Gasteiger partial charge is 0.493 e. The number of rotatable bonds is 11. The van der Waals surface area contributed by atoms with Crippen molar-refractivity contribution in [2.75, 3.05) is 20.8 Å². The molecule has 1 rings (SSSR count). The Labute approximate surface area is 137 Å². The molecule has 0 bridgehead atoms. The second-order valence-electron chi connectivity index (χ2n) is 5.26. The SMILES string of the molecule is CCCCCCCCOc1c(Br)cc(CNC)cc1OC. The van der Waals surface area contributed by atoms with Crippen LogP contribution < -0.4 is 14.8 Å². The molecule has 0 amide bonds. The molecule has 3 nitrogen and oxygen atoms in total. The monoisotopic (exact) mass is 357 g/mol. The Balaban J connectivity index is 2.46. The van der Waals surface area contributed by atoms with Gasteiger partial charge < -0.3 is 14.8 Å². The maximum Gasteiger partial charge on any atom is 0.175 e.